The number of fused-ring (bicyclic) bond motifs is 1. The van der Waals surface area contributed by atoms with Crippen LogP contribution in [0.25, 0.3) is 22.2 Å². The number of hydrogen-bond acceptors (Lipinski definition) is 8. The Balaban J connectivity index is 1.82. The number of nitriles is 1. The maximum atomic E-state index is 11.7. The lowest BCUT2D eigenvalue weighted by molar-refractivity contribution is -0.383. The number of nitrogens with zero attached hydrogens (tertiary/aromatic N) is 4. The summed E-state index contributed by atoms with van der Waals surface area (Å²) in [7, 11) is 0. The molecule has 0 amide bonds. The first-order chi connectivity index (χ1) is 14.5. The molecule has 0 aliphatic rings. The largest absolute Gasteiger partial charge is 0.478 e. The van der Waals surface area contributed by atoms with Crippen molar-refractivity contribution < 1.29 is 19.5 Å². The standard InChI is InChI=1S/C20H11N5O5/c21-10-11-3-1-2-4-13(11)15-9-12(5-6-14(15)20(26)27)22-16-7-8-17(25(28)29)19-18(16)23-30-24-19/h1-9,22H,(H,26,27). The Morgan fingerprint density at radius 2 is 1.87 bits per heavy atom. The van der Waals surface area contributed by atoms with Crippen LogP contribution in [0.5, 0.6) is 0 Å². The number of non-ortho nitro benzene ring substituents is 1. The molecule has 0 spiro atoms. The van der Waals surface area contributed by atoms with Crippen LogP contribution >= 0.6 is 0 Å². The van der Waals surface area contributed by atoms with E-state index in [9.17, 15) is 25.3 Å². The molecule has 0 unspecified atom stereocenters. The van der Waals surface area contributed by atoms with Crippen LogP contribution in [-0.2, 0) is 0 Å². The van der Waals surface area contributed by atoms with E-state index in [4.69, 9.17) is 0 Å². The zero-order chi connectivity index (χ0) is 21.3. The molecule has 4 aromatic rings. The number of aromatic nitrogens is 2. The van der Waals surface area contributed by atoms with Crippen molar-refractivity contribution in [1.82, 2.24) is 10.3 Å². The summed E-state index contributed by atoms with van der Waals surface area (Å²) >= 11 is 0. The highest BCUT2D eigenvalue weighted by Crippen LogP contribution is 2.34. The zero-order valence-corrected chi connectivity index (χ0v) is 15.1. The Labute approximate surface area is 168 Å². The summed E-state index contributed by atoms with van der Waals surface area (Å²) in [4.78, 5) is 22.3. The van der Waals surface area contributed by atoms with E-state index >= 15 is 0 Å². The predicted octanol–water partition coefficient (Wildman–Crippen LogP) is 4.11. The number of anilines is 2. The van der Waals surface area contributed by atoms with E-state index in [1.54, 1.807) is 36.4 Å². The molecular formula is C20H11N5O5. The van der Waals surface area contributed by atoms with Crippen LogP contribution in [0.2, 0.25) is 0 Å². The molecule has 0 bridgehead atoms. The molecule has 0 saturated heterocycles. The third kappa shape index (κ3) is 3.16. The number of aromatic carboxylic acids is 1. The summed E-state index contributed by atoms with van der Waals surface area (Å²) < 4.78 is 4.65. The SMILES string of the molecule is N#Cc1ccccc1-c1cc(Nc2ccc([N+](=O)[O-])c3nonc23)ccc1C(=O)O. The highest BCUT2D eigenvalue weighted by Gasteiger charge is 2.20. The van der Waals surface area contributed by atoms with E-state index in [1.807, 2.05) is 0 Å². The van der Waals surface area contributed by atoms with Crippen LogP contribution in [0.4, 0.5) is 17.1 Å². The molecule has 0 radical (unpaired) electrons. The molecular weight excluding hydrogens is 390 g/mol. The van der Waals surface area contributed by atoms with Gasteiger partial charge < -0.3 is 10.4 Å². The van der Waals surface area contributed by atoms with Crippen molar-refractivity contribution >= 4 is 34.1 Å². The normalized spacial score (nSPS) is 10.5. The minimum Gasteiger partial charge on any atom is -0.478 e. The van der Waals surface area contributed by atoms with Gasteiger partial charge in [0.1, 0.15) is 0 Å². The Bertz CT molecular complexity index is 1360. The number of carbonyl (C=O) groups is 1. The summed E-state index contributed by atoms with van der Waals surface area (Å²) in [6.07, 6.45) is 0. The van der Waals surface area contributed by atoms with Crippen LogP contribution in [0, 0.1) is 21.4 Å². The van der Waals surface area contributed by atoms with Crippen molar-refractivity contribution in [3.8, 4) is 17.2 Å². The van der Waals surface area contributed by atoms with Crippen LogP contribution < -0.4 is 5.32 Å². The number of rotatable bonds is 5. The minimum atomic E-state index is -1.14. The van der Waals surface area contributed by atoms with Gasteiger partial charge in [-0.05, 0) is 46.2 Å². The lowest BCUT2D eigenvalue weighted by Crippen LogP contribution is -2.02. The first-order valence-electron chi connectivity index (χ1n) is 8.53. The molecule has 146 valence electrons. The van der Waals surface area contributed by atoms with Crippen molar-refractivity contribution in [2.24, 2.45) is 0 Å². The first kappa shape index (κ1) is 18.6. The number of hydrogen-bond donors (Lipinski definition) is 2. The summed E-state index contributed by atoms with van der Waals surface area (Å²) in [5.41, 5.74) is 1.95. The van der Waals surface area contributed by atoms with Gasteiger partial charge in [-0.2, -0.15) is 5.26 Å². The van der Waals surface area contributed by atoms with Crippen LogP contribution in [-0.4, -0.2) is 26.3 Å². The zero-order valence-electron chi connectivity index (χ0n) is 15.1. The molecule has 4 rings (SSSR count). The number of nitro benzene ring substituents is 1. The Kier molecular flexibility index (Phi) is 4.54. The molecule has 0 atom stereocenters. The maximum Gasteiger partial charge on any atom is 0.336 e. The minimum absolute atomic E-state index is 0.0118. The second kappa shape index (κ2) is 7.33. The first-order valence-corrected chi connectivity index (χ1v) is 8.53. The molecule has 0 aliphatic carbocycles. The highest BCUT2D eigenvalue weighted by molar-refractivity contribution is 5.99. The fraction of sp³-hybridized carbons (Fsp3) is 0. The van der Waals surface area contributed by atoms with Gasteiger partial charge in [-0.3, -0.25) is 10.1 Å². The molecule has 1 aromatic heterocycles. The second-order valence-electron chi connectivity index (χ2n) is 6.20. The van der Waals surface area contributed by atoms with Crippen molar-refractivity contribution in [2.45, 2.75) is 0 Å². The lowest BCUT2D eigenvalue weighted by atomic mass is 9.95. The molecule has 0 aliphatic heterocycles. The van der Waals surface area contributed by atoms with E-state index in [0.29, 0.717) is 28.1 Å². The summed E-state index contributed by atoms with van der Waals surface area (Å²) in [6, 6.07) is 16.0. The molecule has 10 nitrogen and oxygen atoms in total. The summed E-state index contributed by atoms with van der Waals surface area (Å²) in [6.45, 7) is 0. The average Bonchev–Trinajstić information content (AvgIpc) is 3.23. The van der Waals surface area contributed by atoms with Gasteiger partial charge in [-0.25, -0.2) is 9.42 Å². The number of nitro groups is 1. The van der Waals surface area contributed by atoms with E-state index in [2.05, 4.69) is 26.3 Å². The molecule has 3 aromatic carbocycles. The van der Waals surface area contributed by atoms with E-state index < -0.39 is 10.9 Å². The Morgan fingerprint density at radius 3 is 2.60 bits per heavy atom. The van der Waals surface area contributed by atoms with Crippen LogP contribution in [0.15, 0.2) is 59.2 Å². The highest BCUT2D eigenvalue weighted by atomic mass is 16.6. The fourth-order valence-electron chi connectivity index (χ4n) is 3.10. The third-order valence-electron chi connectivity index (χ3n) is 4.46. The predicted molar refractivity (Wildman–Crippen MR) is 105 cm³/mol. The van der Waals surface area contributed by atoms with Crippen molar-refractivity contribution in [1.29, 1.82) is 5.26 Å². The molecule has 2 N–H and O–H groups in total. The third-order valence-corrected chi connectivity index (χ3v) is 4.46. The smallest absolute Gasteiger partial charge is 0.336 e. The molecule has 0 fully saturated rings. The van der Waals surface area contributed by atoms with Gasteiger partial charge in [0.05, 0.1) is 27.8 Å². The molecule has 1 heterocycles. The number of nitrogens with one attached hydrogen (secondary N) is 1. The Morgan fingerprint density at radius 1 is 1.10 bits per heavy atom. The fourth-order valence-corrected chi connectivity index (χ4v) is 3.10. The lowest BCUT2D eigenvalue weighted by Gasteiger charge is -2.12. The molecule has 10 heteroatoms. The quantitative estimate of drug-likeness (QED) is 0.371. The summed E-state index contributed by atoms with van der Waals surface area (Å²) in [5, 5.41) is 40.5. The second-order valence-corrected chi connectivity index (χ2v) is 6.20. The van der Waals surface area contributed by atoms with Gasteiger partial charge in [0, 0.05) is 17.3 Å². The van der Waals surface area contributed by atoms with Gasteiger partial charge >= 0.3 is 11.7 Å². The monoisotopic (exact) mass is 401 g/mol. The average molecular weight is 401 g/mol. The summed E-state index contributed by atoms with van der Waals surface area (Å²) in [5.74, 6) is -1.14. The van der Waals surface area contributed by atoms with Crippen molar-refractivity contribution in [3.05, 3.63) is 75.8 Å². The Hall–Kier alpha value is -4.78. The maximum absolute atomic E-state index is 11.7. The van der Waals surface area contributed by atoms with Gasteiger partial charge in [0.2, 0.25) is 5.52 Å². The van der Waals surface area contributed by atoms with Gasteiger partial charge in [0.15, 0.2) is 5.52 Å². The van der Waals surface area contributed by atoms with Crippen LogP contribution in [0.3, 0.4) is 0 Å². The molecule has 30 heavy (non-hydrogen) atoms. The number of carboxylic acids is 1. The van der Waals surface area contributed by atoms with Crippen LogP contribution in [0.1, 0.15) is 15.9 Å². The topological polar surface area (TPSA) is 155 Å². The van der Waals surface area contributed by atoms with Gasteiger partial charge in [0.25, 0.3) is 0 Å². The van der Waals surface area contributed by atoms with Gasteiger partial charge in [-0.1, -0.05) is 18.2 Å². The van der Waals surface area contributed by atoms with Crippen molar-refractivity contribution in [2.75, 3.05) is 5.32 Å². The van der Waals surface area contributed by atoms with E-state index in [-0.39, 0.29) is 22.3 Å². The number of benzene rings is 3. The van der Waals surface area contributed by atoms with E-state index in [0.717, 1.165) is 0 Å². The van der Waals surface area contributed by atoms with Crippen molar-refractivity contribution in [3.63, 3.8) is 0 Å². The molecule has 0 saturated carbocycles. The van der Waals surface area contributed by atoms with E-state index in [1.165, 1.54) is 18.2 Å². The number of carboxylic acid groups (broad SMARTS) is 1. The van der Waals surface area contributed by atoms with Gasteiger partial charge in [-0.15, -0.1) is 0 Å².